The number of anilines is 1. The van der Waals surface area contributed by atoms with E-state index in [9.17, 15) is 0 Å². The van der Waals surface area contributed by atoms with Gasteiger partial charge in [-0.15, -0.1) is 0 Å². The molecule has 0 aromatic heterocycles. The number of hydrogen-bond acceptors (Lipinski definition) is 2. The van der Waals surface area contributed by atoms with E-state index in [0.29, 0.717) is 0 Å². The van der Waals surface area contributed by atoms with Gasteiger partial charge in [-0.3, -0.25) is 0 Å². The van der Waals surface area contributed by atoms with Crippen LogP contribution in [-0.2, 0) is 6.54 Å². The van der Waals surface area contributed by atoms with Crippen LogP contribution < -0.4 is 10.1 Å². The summed E-state index contributed by atoms with van der Waals surface area (Å²) in [7, 11) is 0. The Morgan fingerprint density at radius 2 is 1.71 bits per heavy atom. The van der Waals surface area contributed by atoms with Crippen LogP contribution in [0.25, 0.3) is 10.8 Å². The Hall–Kier alpha value is -2.48. The normalized spacial score (nSPS) is 11.0. The number of benzene rings is 3. The monoisotopic (exact) mass is 319 g/mol. The Bertz CT molecular complexity index is 852. The Morgan fingerprint density at radius 1 is 0.917 bits per heavy atom. The van der Waals surface area contributed by atoms with Gasteiger partial charge >= 0.3 is 0 Å². The van der Waals surface area contributed by atoms with E-state index in [4.69, 9.17) is 4.74 Å². The van der Waals surface area contributed by atoms with Gasteiger partial charge in [0.2, 0.25) is 0 Å². The van der Waals surface area contributed by atoms with E-state index >= 15 is 0 Å². The highest BCUT2D eigenvalue weighted by Crippen LogP contribution is 2.30. The first-order valence-corrected chi connectivity index (χ1v) is 8.53. The molecule has 0 aliphatic rings. The summed E-state index contributed by atoms with van der Waals surface area (Å²) in [6.07, 6.45) is 0.159. The second kappa shape index (κ2) is 6.96. The zero-order chi connectivity index (χ0) is 17.1. The van der Waals surface area contributed by atoms with Crippen molar-refractivity contribution in [2.45, 2.75) is 40.3 Å². The van der Waals surface area contributed by atoms with Crippen molar-refractivity contribution in [3.63, 3.8) is 0 Å². The molecule has 0 heterocycles. The fraction of sp³-hybridized carbons (Fsp3) is 0.273. The van der Waals surface area contributed by atoms with Gasteiger partial charge in [0.25, 0.3) is 0 Å². The smallest absolute Gasteiger partial charge is 0.125 e. The molecule has 3 rings (SSSR count). The number of hydrogen-bond donors (Lipinski definition) is 1. The van der Waals surface area contributed by atoms with Crippen LogP contribution in [0, 0.1) is 13.8 Å². The number of aryl methyl sites for hydroxylation is 2. The Labute approximate surface area is 144 Å². The van der Waals surface area contributed by atoms with Gasteiger partial charge in [0, 0.05) is 17.8 Å². The molecule has 0 spiro atoms. The minimum absolute atomic E-state index is 0.159. The topological polar surface area (TPSA) is 21.3 Å². The molecule has 124 valence electrons. The average Bonchev–Trinajstić information content (AvgIpc) is 2.56. The van der Waals surface area contributed by atoms with E-state index in [2.05, 4.69) is 87.6 Å². The number of ether oxygens (including phenoxy) is 1. The summed E-state index contributed by atoms with van der Waals surface area (Å²) in [5.41, 5.74) is 4.97. The molecule has 0 fully saturated rings. The molecule has 0 bridgehead atoms. The first kappa shape index (κ1) is 16.4. The van der Waals surface area contributed by atoms with Gasteiger partial charge in [0.1, 0.15) is 5.75 Å². The average molecular weight is 319 g/mol. The summed E-state index contributed by atoms with van der Waals surface area (Å²) < 4.78 is 6.04. The van der Waals surface area contributed by atoms with E-state index < -0.39 is 0 Å². The van der Waals surface area contributed by atoms with Gasteiger partial charge in [-0.25, -0.2) is 0 Å². The van der Waals surface area contributed by atoms with Crippen LogP contribution in [0.2, 0.25) is 0 Å². The Balaban J connectivity index is 1.94. The minimum atomic E-state index is 0.159. The lowest BCUT2D eigenvalue weighted by atomic mass is 10.0. The number of fused-ring (bicyclic) bond motifs is 1. The maximum absolute atomic E-state index is 6.04. The molecule has 3 aromatic rings. The minimum Gasteiger partial charge on any atom is -0.491 e. The molecule has 0 aliphatic carbocycles. The first-order valence-electron chi connectivity index (χ1n) is 8.53. The molecule has 0 amide bonds. The largest absolute Gasteiger partial charge is 0.491 e. The van der Waals surface area contributed by atoms with Crippen molar-refractivity contribution >= 4 is 16.5 Å². The fourth-order valence-corrected chi connectivity index (χ4v) is 2.90. The molecule has 24 heavy (non-hydrogen) atoms. The van der Waals surface area contributed by atoms with Crippen LogP contribution in [0.5, 0.6) is 5.75 Å². The molecule has 1 N–H and O–H groups in total. The van der Waals surface area contributed by atoms with Crippen molar-refractivity contribution in [3.8, 4) is 5.75 Å². The molecular formula is C22H25NO. The van der Waals surface area contributed by atoms with Gasteiger partial charge in [0.05, 0.1) is 6.10 Å². The SMILES string of the molecule is Cc1ccc(NCc2c(OC(C)C)ccc3ccccc23)cc1C. The van der Waals surface area contributed by atoms with Crippen molar-refractivity contribution in [1.82, 2.24) is 0 Å². The standard InChI is InChI=1S/C22H25NO/c1-15(2)24-22-12-10-18-7-5-6-8-20(18)21(22)14-23-19-11-9-16(3)17(4)13-19/h5-13,15,23H,14H2,1-4H3. The molecule has 0 radical (unpaired) electrons. The van der Waals surface area contributed by atoms with Crippen molar-refractivity contribution in [1.29, 1.82) is 0 Å². The summed E-state index contributed by atoms with van der Waals surface area (Å²) in [5, 5.41) is 6.04. The second-order valence-corrected chi connectivity index (χ2v) is 6.58. The van der Waals surface area contributed by atoms with Crippen LogP contribution in [0.15, 0.2) is 54.6 Å². The van der Waals surface area contributed by atoms with E-state index in [-0.39, 0.29) is 6.10 Å². The van der Waals surface area contributed by atoms with Crippen LogP contribution in [-0.4, -0.2) is 6.10 Å². The van der Waals surface area contributed by atoms with E-state index in [1.165, 1.54) is 27.5 Å². The molecule has 0 atom stereocenters. The van der Waals surface area contributed by atoms with Crippen LogP contribution in [0.3, 0.4) is 0 Å². The molecular weight excluding hydrogens is 294 g/mol. The lowest BCUT2D eigenvalue weighted by Gasteiger charge is -2.18. The lowest BCUT2D eigenvalue weighted by molar-refractivity contribution is 0.240. The maximum Gasteiger partial charge on any atom is 0.125 e. The Morgan fingerprint density at radius 3 is 2.46 bits per heavy atom. The summed E-state index contributed by atoms with van der Waals surface area (Å²) in [6, 6.07) is 19.2. The van der Waals surface area contributed by atoms with E-state index in [1.54, 1.807) is 0 Å². The van der Waals surface area contributed by atoms with Gasteiger partial charge < -0.3 is 10.1 Å². The van der Waals surface area contributed by atoms with Crippen molar-refractivity contribution in [3.05, 3.63) is 71.3 Å². The summed E-state index contributed by atoms with van der Waals surface area (Å²) in [5.74, 6) is 0.958. The number of rotatable bonds is 5. The quantitative estimate of drug-likeness (QED) is 0.636. The molecule has 0 aliphatic heterocycles. The van der Waals surface area contributed by atoms with Gasteiger partial charge in [-0.05, 0) is 67.8 Å². The second-order valence-electron chi connectivity index (χ2n) is 6.58. The van der Waals surface area contributed by atoms with Gasteiger partial charge in [-0.1, -0.05) is 36.4 Å². The number of nitrogens with one attached hydrogen (secondary N) is 1. The molecule has 0 unspecified atom stereocenters. The Kier molecular flexibility index (Phi) is 4.75. The molecule has 3 aromatic carbocycles. The van der Waals surface area contributed by atoms with Crippen molar-refractivity contribution in [2.75, 3.05) is 5.32 Å². The van der Waals surface area contributed by atoms with E-state index in [0.717, 1.165) is 18.0 Å². The zero-order valence-electron chi connectivity index (χ0n) is 14.9. The van der Waals surface area contributed by atoms with Crippen LogP contribution in [0.4, 0.5) is 5.69 Å². The maximum atomic E-state index is 6.04. The zero-order valence-corrected chi connectivity index (χ0v) is 14.9. The van der Waals surface area contributed by atoms with Gasteiger partial charge in [0.15, 0.2) is 0 Å². The first-order chi connectivity index (χ1) is 11.5. The van der Waals surface area contributed by atoms with Crippen molar-refractivity contribution < 1.29 is 4.74 Å². The summed E-state index contributed by atoms with van der Waals surface area (Å²) in [6.45, 7) is 9.15. The highest BCUT2D eigenvalue weighted by atomic mass is 16.5. The highest BCUT2D eigenvalue weighted by molar-refractivity contribution is 5.88. The molecule has 2 heteroatoms. The fourth-order valence-electron chi connectivity index (χ4n) is 2.90. The molecule has 0 saturated carbocycles. The molecule has 0 saturated heterocycles. The van der Waals surface area contributed by atoms with Gasteiger partial charge in [-0.2, -0.15) is 0 Å². The van der Waals surface area contributed by atoms with E-state index in [1.807, 2.05) is 0 Å². The third-order valence-corrected chi connectivity index (χ3v) is 4.34. The predicted molar refractivity (Wildman–Crippen MR) is 103 cm³/mol. The lowest BCUT2D eigenvalue weighted by Crippen LogP contribution is -2.10. The summed E-state index contributed by atoms with van der Waals surface area (Å²) >= 11 is 0. The molecule has 2 nitrogen and oxygen atoms in total. The van der Waals surface area contributed by atoms with Crippen LogP contribution >= 0.6 is 0 Å². The third kappa shape index (κ3) is 3.53. The summed E-state index contributed by atoms with van der Waals surface area (Å²) in [4.78, 5) is 0. The van der Waals surface area contributed by atoms with Crippen LogP contribution in [0.1, 0.15) is 30.5 Å². The van der Waals surface area contributed by atoms with Crippen molar-refractivity contribution in [2.24, 2.45) is 0 Å². The predicted octanol–water partition coefficient (Wildman–Crippen LogP) is 5.86. The third-order valence-electron chi connectivity index (χ3n) is 4.34. The highest BCUT2D eigenvalue weighted by Gasteiger charge is 2.10.